The Morgan fingerprint density at radius 3 is 2.58 bits per heavy atom. The lowest BCUT2D eigenvalue weighted by Gasteiger charge is -2.11. The predicted molar refractivity (Wildman–Crippen MR) is 87.6 cm³/mol. The largest absolute Gasteiger partial charge is 0.369 e. The standard InChI is InChI=1S/C15H18IN3/c1-4-17-15-14(16)11(3)18-13(19-15)9-12-8-6-5-7-10(12)2/h5-8H,4,9H2,1-3H3,(H,17,18,19). The SMILES string of the molecule is CCNc1nc(Cc2ccccc2C)nc(C)c1I. The molecule has 1 aromatic carbocycles. The van der Waals surface area contributed by atoms with Crippen LogP contribution < -0.4 is 5.32 Å². The molecule has 0 bridgehead atoms. The minimum absolute atomic E-state index is 0.781. The van der Waals surface area contributed by atoms with Crippen molar-refractivity contribution in [3.8, 4) is 0 Å². The third-order valence-corrected chi connectivity index (χ3v) is 4.31. The quantitative estimate of drug-likeness (QED) is 0.837. The van der Waals surface area contributed by atoms with Gasteiger partial charge in [-0.1, -0.05) is 24.3 Å². The summed E-state index contributed by atoms with van der Waals surface area (Å²) in [6, 6.07) is 8.38. The molecule has 2 rings (SSSR count). The van der Waals surface area contributed by atoms with Crippen LogP contribution in [0.3, 0.4) is 0 Å². The van der Waals surface area contributed by atoms with E-state index in [4.69, 9.17) is 0 Å². The molecule has 0 unspecified atom stereocenters. The summed E-state index contributed by atoms with van der Waals surface area (Å²) < 4.78 is 1.10. The van der Waals surface area contributed by atoms with Gasteiger partial charge in [0.05, 0.1) is 9.26 Å². The smallest absolute Gasteiger partial charge is 0.143 e. The van der Waals surface area contributed by atoms with Crippen molar-refractivity contribution < 1.29 is 0 Å². The second kappa shape index (κ2) is 6.32. The Kier molecular flexibility index (Phi) is 4.74. The number of anilines is 1. The van der Waals surface area contributed by atoms with E-state index in [2.05, 4.69) is 76.0 Å². The second-order valence-corrected chi connectivity index (χ2v) is 5.60. The molecule has 100 valence electrons. The Morgan fingerprint density at radius 2 is 1.89 bits per heavy atom. The maximum Gasteiger partial charge on any atom is 0.143 e. The molecule has 0 atom stereocenters. The summed E-state index contributed by atoms with van der Waals surface area (Å²) in [6.45, 7) is 7.11. The summed E-state index contributed by atoms with van der Waals surface area (Å²) in [5.41, 5.74) is 3.60. The molecule has 19 heavy (non-hydrogen) atoms. The van der Waals surface area contributed by atoms with E-state index in [1.54, 1.807) is 0 Å². The Labute approximate surface area is 128 Å². The van der Waals surface area contributed by atoms with Crippen LogP contribution in [-0.2, 0) is 6.42 Å². The molecule has 1 heterocycles. The topological polar surface area (TPSA) is 37.8 Å². The van der Waals surface area contributed by atoms with Gasteiger partial charge in [-0.3, -0.25) is 0 Å². The Bertz CT molecular complexity index is 582. The fourth-order valence-electron chi connectivity index (χ4n) is 1.96. The predicted octanol–water partition coefficient (Wildman–Crippen LogP) is 3.72. The van der Waals surface area contributed by atoms with Crippen molar-refractivity contribution in [1.29, 1.82) is 0 Å². The van der Waals surface area contributed by atoms with Gasteiger partial charge in [0.15, 0.2) is 0 Å². The van der Waals surface area contributed by atoms with E-state index in [1.165, 1.54) is 11.1 Å². The fraction of sp³-hybridized carbons (Fsp3) is 0.333. The Morgan fingerprint density at radius 1 is 1.16 bits per heavy atom. The summed E-state index contributed by atoms with van der Waals surface area (Å²) in [5, 5.41) is 3.30. The lowest BCUT2D eigenvalue weighted by molar-refractivity contribution is 0.924. The van der Waals surface area contributed by atoms with Crippen molar-refractivity contribution >= 4 is 28.4 Å². The van der Waals surface area contributed by atoms with Gasteiger partial charge >= 0.3 is 0 Å². The second-order valence-electron chi connectivity index (χ2n) is 4.52. The summed E-state index contributed by atoms with van der Waals surface area (Å²) >= 11 is 2.30. The van der Waals surface area contributed by atoms with Crippen molar-refractivity contribution in [3.63, 3.8) is 0 Å². The normalized spacial score (nSPS) is 10.5. The van der Waals surface area contributed by atoms with E-state index < -0.39 is 0 Å². The molecule has 0 radical (unpaired) electrons. The van der Waals surface area contributed by atoms with E-state index in [9.17, 15) is 0 Å². The first-order valence-corrected chi connectivity index (χ1v) is 7.51. The van der Waals surface area contributed by atoms with E-state index in [-0.39, 0.29) is 0 Å². The molecule has 0 aliphatic carbocycles. The average molecular weight is 367 g/mol. The molecule has 0 saturated heterocycles. The summed E-state index contributed by atoms with van der Waals surface area (Å²) in [5.74, 6) is 1.82. The van der Waals surface area contributed by atoms with E-state index in [0.29, 0.717) is 0 Å². The van der Waals surface area contributed by atoms with Crippen LogP contribution in [0.5, 0.6) is 0 Å². The molecule has 0 aliphatic rings. The first kappa shape index (κ1) is 14.2. The van der Waals surface area contributed by atoms with Crippen LogP contribution in [0.1, 0.15) is 29.6 Å². The number of nitrogens with one attached hydrogen (secondary N) is 1. The highest BCUT2D eigenvalue weighted by Gasteiger charge is 2.09. The van der Waals surface area contributed by atoms with Crippen LogP contribution in [0.4, 0.5) is 5.82 Å². The lowest BCUT2D eigenvalue weighted by atomic mass is 10.1. The maximum absolute atomic E-state index is 4.63. The van der Waals surface area contributed by atoms with Gasteiger partial charge in [0.2, 0.25) is 0 Å². The third-order valence-electron chi connectivity index (χ3n) is 3.02. The number of nitrogens with zero attached hydrogens (tertiary/aromatic N) is 2. The van der Waals surface area contributed by atoms with Gasteiger partial charge in [-0.25, -0.2) is 9.97 Å². The number of hydrogen-bond donors (Lipinski definition) is 1. The number of aromatic nitrogens is 2. The molecule has 0 aliphatic heterocycles. The van der Waals surface area contributed by atoms with Crippen molar-refractivity contribution in [2.24, 2.45) is 0 Å². The first-order chi connectivity index (χ1) is 9.11. The minimum atomic E-state index is 0.781. The number of halogens is 1. The zero-order chi connectivity index (χ0) is 13.8. The van der Waals surface area contributed by atoms with Crippen LogP contribution >= 0.6 is 22.6 Å². The van der Waals surface area contributed by atoms with E-state index in [0.717, 1.165) is 33.9 Å². The van der Waals surface area contributed by atoms with E-state index in [1.807, 2.05) is 6.92 Å². The van der Waals surface area contributed by atoms with Crippen LogP contribution in [-0.4, -0.2) is 16.5 Å². The molecule has 1 aromatic heterocycles. The minimum Gasteiger partial charge on any atom is -0.369 e. The van der Waals surface area contributed by atoms with Crippen LogP contribution in [0, 0.1) is 17.4 Å². The number of hydrogen-bond acceptors (Lipinski definition) is 3. The van der Waals surface area contributed by atoms with Crippen molar-refractivity contribution in [2.75, 3.05) is 11.9 Å². The highest BCUT2D eigenvalue weighted by atomic mass is 127. The molecule has 0 amide bonds. The molecule has 0 spiro atoms. The summed E-state index contributed by atoms with van der Waals surface area (Å²) in [4.78, 5) is 9.22. The van der Waals surface area contributed by atoms with Gasteiger partial charge < -0.3 is 5.32 Å². The third kappa shape index (κ3) is 3.43. The summed E-state index contributed by atoms with van der Waals surface area (Å²) in [7, 11) is 0. The molecular weight excluding hydrogens is 349 g/mol. The van der Waals surface area contributed by atoms with Crippen LogP contribution in [0.2, 0.25) is 0 Å². The molecule has 0 saturated carbocycles. The lowest BCUT2D eigenvalue weighted by Crippen LogP contribution is -2.08. The number of rotatable bonds is 4. The summed E-state index contributed by atoms with van der Waals surface area (Å²) in [6.07, 6.45) is 0.781. The molecule has 4 heteroatoms. The van der Waals surface area contributed by atoms with Gasteiger partial charge in [-0.05, 0) is 54.5 Å². The van der Waals surface area contributed by atoms with Crippen LogP contribution in [0.25, 0.3) is 0 Å². The first-order valence-electron chi connectivity index (χ1n) is 6.43. The van der Waals surface area contributed by atoms with Gasteiger partial charge in [0, 0.05) is 13.0 Å². The van der Waals surface area contributed by atoms with Gasteiger partial charge in [0.1, 0.15) is 11.6 Å². The maximum atomic E-state index is 4.63. The molecular formula is C15H18IN3. The number of aryl methyl sites for hydroxylation is 2. The van der Waals surface area contributed by atoms with Gasteiger partial charge in [0.25, 0.3) is 0 Å². The van der Waals surface area contributed by atoms with E-state index >= 15 is 0 Å². The van der Waals surface area contributed by atoms with Gasteiger partial charge in [-0.15, -0.1) is 0 Å². The zero-order valence-corrected chi connectivity index (χ0v) is 13.7. The Balaban J connectivity index is 2.33. The van der Waals surface area contributed by atoms with Crippen molar-refractivity contribution in [3.05, 3.63) is 50.5 Å². The highest BCUT2D eigenvalue weighted by Crippen LogP contribution is 2.20. The Hall–Kier alpha value is -1.17. The van der Waals surface area contributed by atoms with Crippen molar-refractivity contribution in [2.45, 2.75) is 27.2 Å². The van der Waals surface area contributed by atoms with Crippen LogP contribution in [0.15, 0.2) is 24.3 Å². The van der Waals surface area contributed by atoms with Gasteiger partial charge in [-0.2, -0.15) is 0 Å². The monoisotopic (exact) mass is 367 g/mol. The molecule has 1 N–H and O–H groups in total. The van der Waals surface area contributed by atoms with Crippen molar-refractivity contribution in [1.82, 2.24) is 9.97 Å². The molecule has 0 fully saturated rings. The zero-order valence-electron chi connectivity index (χ0n) is 11.5. The number of benzene rings is 1. The average Bonchev–Trinajstić information content (AvgIpc) is 2.38. The highest BCUT2D eigenvalue weighted by molar-refractivity contribution is 14.1. The molecule has 3 nitrogen and oxygen atoms in total. The molecule has 2 aromatic rings. The fourth-order valence-corrected chi connectivity index (χ4v) is 2.39.